The molecule has 0 bridgehead atoms. The number of rotatable bonds is 5. The van der Waals surface area contributed by atoms with Crippen molar-refractivity contribution in [3.63, 3.8) is 0 Å². The number of anilines is 3. The van der Waals surface area contributed by atoms with Crippen molar-refractivity contribution < 1.29 is 0 Å². The lowest BCUT2D eigenvalue weighted by Crippen LogP contribution is -2.11. The van der Waals surface area contributed by atoms with Crippen LogP contribution in [0.25, 0.3) is 69.6 Å². The number of aromatic nitrogens is 1. The van der Waals surface area contributed by atoms with E-state index in [1.165, 1.54) is 63.9 Å². The van der Waals surface area contributed by atoms with Gasteiger partial charge in [0.1, 0.15) is 0 Å². The maximum absolute atomic E-state index is 2.47. The summed E-state index contributed by atoms with van der Waals surface area (Å²) in [7, 11) is 0. The van der Waals surface area contributed by atoms with Gasteiger partial charge >= 0.3 is 0 Å². The molecular weight excluding hydrogens is 613 g/mol. The molecule has 10 aromatic rings. The summed E-state index contributed by atoms with van der Waals surface area (Å²) in [6, 6.07) is 66.3. The molecule has 49 heavy (non-hydrogen) atoms. The maximum Gasteiger partial charge on any atom is 0.0661 e. The summed E-state index contributed by atoms with van der Waals surface area (Å²) >= 11 is 1.87. The Kier molecular flexibility index (Phi) is 6.39. The molecule has 8 aromatic carbocycles. The van der Waals surface area contributed by atoms with Crippen molar-refractivity contribution in [2.75, 3.05) is 4.90 Å². The van der Waals surface area contributed by atoms with Gasteiger partial charge in [-0.05, 0) is 76.5 Å². The second-order valence-electron chi connectivity index (χ2n) is 12.6. The predicted octanol–water partition coefficient (Wildman–Crippen LogP) is 13.4. The molecule has 0 amide bonds. The summed E-state index contributed by atoms with van der Waals surface area (Å²) < 4.78 is 5.00. The summed E-state index contributed by atoms with van der Waals surface area (Å²) in [5.41, 5.74) is 9.36. The van der Waals surface area contributed by atoms with E-state index in [1.54, 1.807) is 0 Å². The number of hydrogen-bond acceptors (Lipinski definition) is 2. The standard InChI is InChI=1S/C46H30N2S/c1-2-13-31(14-3-1)34-17-12-18-35(27-34)47(36-26-25-32-15-4-5-16-33(32)28-36)44-30-37(29-41-40-21-8-11-24-45(40)49-46(41)44)48-42-22-9-6-19-38(42)39-20-7-10-23-43(39)48/h1-30H. The minimum Gasteiger partial charge on any atom is -0.309 e. The van der Waals surface area contributed by atoms with Gasteiger partial charge in [-0.3, -0.25) is 0 Å². The second-order valence-corrected chi connectivity index (χ2v) is 13.6. The van der Waals surface area contributed by atoms with Crippen LogP contribution in [0.2, 0.25) is 0 Å². The topological polar surface area (TPSA) is 8.17 Å². The third-order valence-corrected chi connectivity index (χ3v) is 10.9. The summed E-state index contributed by atoms with van der Waals surface area (Å²) in [6.45, 7) is 0. The van der Waals surface area contributed by atoms with E-state index >= 15 is 0 Å². The van der Waals surface area contributed by atoms with E-state index in [1.807, 2.05) is 11.3 Å². The van der Waals surface area contributed by atoms with Crippen molar-refractivity contribution in [1.82, 2.24) is 4.57 Å². The average molecular weight is 643 g/mol. The van der Waals surface area contributed by atoms with Gasteiger partial charge in [0, 0.05) is 43.3 Å². The van der Waals surface area contributed by atoms with Crippen LogP contribution < -0.4 is 4.90 Å². The Balaban J connectivity index is 1.32. The van der Waals surface area contributed by atoms with Gasteiger partial charge in [-0.15, -0.1) is 11.3 Å². The van der Waals surface area contributed by atoms with Gasteiger partial charge in [0.2, 0.25) is 0 Å². The Labute approximate surface area is 288 Å². The lowest BCUT2D eigenvalue weighted by molar-refractivity contribution is 1.18. The molecule has 0 atom stereocenters. The van der Waals surface area contributed by atoms with Gasteiger partial charge in [0.25, 0.3) is 0 Å². The molecule has 0 radical (unpaired) electrons. The number of benzene rings is 8. The van der Waals surface area contributed by atoms with E-state index in [9.17, 15) is 0 Å². The zero-order valence-corrected chi connectivity index (χ0v) is 27.4. The molecule has 0 saturated carbocycles. The van der Waals surface area contributed by atoms with Crippen molar-refractivity contribution in [1.29, 1.82) is 0 Å². The van der Waals surface area contributed by atoms with Crippen LogP contribution in [0.1, 0.15) is 0 Å². The highest BCUT2D eigenvalue weighted by Crippen LogP contribution is 2.47. The molecule has 0 aliphatic carbocycles. The predicted molar refractivity (Wildman–Crippen MR) is 211 cm³/mol. The van der Waals surface area contributed by atoms with Crippen molar-refractivity contribution in [2.45, 2.75) is 0 Å². The third kappa shape index (κ3) is 4.55. The number of hydrogen-bond donors (Lipinski definition) is 0. The van der Waals surface area contributed by atoms with E-state index in [2.05, 4.69) is 191 Å². The molecule has 0 aliphatic heterocycles. The Morgan fingerprint density at radius 2 is 1.04 bits per heavy atom. The van der Waals surface area contributed by atoms with Gasteiger partial charge in [0.15, 0.2) is 0 Å². The van der Waals surface area contributed by atoms with Crippen LogP contribution in [0, 0.1) is 0 Å². The van der Waals surface area contributed by atoms with Crippen LogP contribution in [0.4, 0.5) is 17.1 Å². The maximum atomic E-state index is 2.47. The summed E-state index contributed by atoms with van der Waals surface area (Å²) in [5.74, 6) is 0. The largest absolute Gasteiger partial charge is 0.309 e. The molecule has 2 nitrogen and oxygen atoms in total. The second kappa shape index (κ2) is 11.2. The third-order valence-electron chi connectivity index (χ3n) is 9.73. The van der Waals surface area contributed by atoms with E-state index < -0.39 is 0 Å². The zero-order valence-electron chi connectivity index (χ0n) is 26.6. The first-order valence-electron chi connectivity index (χ1n) is 16.7. The van der Waals surface area contributed by atoms with E-state index in [0.717, 1.165) is 22.7 Å². The Bertz CT molecular complexity index is 2790. The molecule has 3 heteroatoms. The molecule has 0 unspecified atom stereocenters. The Morgan fingerprint density at radius 1 is 0.408 bits per heavy atom. The molecule has 0 N–H and O–H groups in total. The highest BCUT2D eigenvalue weighted by Gasteiger charge is 2.22. The quantitative estimate of drug-likeness (QED) is 0.181. The fourth-order valence-corrected chi connectivity index (χ4v) is 8.68. The molecule has 0 aliphatic rings. The molecule has 2 heterocycles. The summed E-state index contributed by atoms with van der Waals surface area (Å²) in [6.07, 6.45) is 0. The highest BCUT2D eigenvalue weighted by atomic mass is 32.1. The zero-order chi connectivity index (χ0) is 32.3. The minimum atomic E-state index is 1.12. The minimum absolute atomic E-state index is 1.12. The Hall–Kier alpha value is -6.16. The van der Waals surface area contributed by atoms with Gasteiger partial charge in [-0.25, -0.2) is 0 Å². The lowest BCUT2D eigenvalue weighted by atomic mass is 10.0. The molecule has 230 valence electrons. The van der Waals surface area contributed by atoms with Gasteiger partial charge in [-0.2, -0.15) is 0 Å². The van der Waals surface area contributed by atoms with Crippen molar-refractivity contribution >= 4 is 81.1 Å². The number of nitrogens with zero attached hydrogens (tertiary/aromatic N) is 2. The first kappa shape index (κ1) is 27.9. The van der Waals surface area contributed by atoms with Crippen molar-refractivity contribution in [3.8, 4) is 16.8 Å². The van der Waals surface area contributed by atoms with Crippen molar-refractivity contribution in [3.05, 3.63) is 182 Å². The van der Waals surface area contributed by atoms with Crippen LogP contribution in [0.5, 0.6) is 0 Å². The summed E-state index contributed by atoms with van der Waals surface area (Å²) in [4.78, 5) is 2.47. The van der Waals surface area contributed by atoms with Crippen LogP contribution >= 0.6 is 11.3 Å². The van der Waals surface area contributed by atoms with Crippen LogP contribution in [0.15, 0.2) is 182 Å². The average Bonchev–Trinajstić information content (AvgIpc) is 3.71. The van der Waals surface area contributed by atoms with Gasteiger partial charge in [0.05, 0.1) is 21.4 Å². The molecule has 10 rings (SSSR count). The van der Waals surface area contributed by atoms with Crippen LogP contribution in [-0.4, -0.2) is 4.57 Å². The molecule has 2 aromatic heterocycles. The van der Waals surface area contributed by atoms with Crippen LogP contribution in [-0.2, 0) is 0 Å². The monoisotopic (exact) mass is 642 g/mol. The molecule has 0 spiro atoms. The van der Waals surface area contributed by atoms with Gasteiger partial charge < -0.3 is 9.47 Å². The van der Waals surface area contributed by atoms with E-state index in [4.69, 9.17) is 0 Å². The first-order valence-corrected chi connectivity index (χ1v) is 17.5. The fraction of sp³-hybridized carbons (Fsp3) is 0. The van der Waals surface area contributed by atoms with E-state index in [0.29, 0.717) is 0 Å². The SMILES string of the molecule is c1ccc(-c2cccc(N(c3ccc4ccccc4c3)c3cc(-n4c5ccccc5c5ccccc54)cc4c3sc3ccccc34)c2)cc1. The number of thiophene rings is 1. The smallest absolute Gasteiger partial charge is 0.0661 e. The van der Waals surface area contributed by atoms with E-state index in [-0.39, 0.29) is 0 Å². The fourth-order valence-electron chi connectivity index (χ4n) is 7.49. The normalized spacial score (nSPS) is 11.7. The first-order chi connectivity index (χ1) is 24.3. The summed E-state index contributed by atoms with van der Waals surface area (Å²) in [5, 5.41) is 7.52. The number of para-hydroxylation sites is 2. The van der Waals surface area contributed by atoms with Crippen LogP contribution in [0.3, 0.4) is 0 Å². The molecule has 0 fully saturated rings. The molecule has 0 saturated heterocycles. The Morgan fingerprint density at radius 3 is 1.84 bits per heavy atom. The highest BCUT2D eigenvalue weighted by molar-refractivity contribution is 7.26. The van der Waals surface area contributed by atoms with Gasteiger partial charge in [-0.1, -0.05) is 127 Å². The molecular formula is C46H30N2S. The lowest BCUT2D eigenvalue weighted by Gasteiger charge is -2.28. The number of fused-ring (bicyclic) bond motifs is 7. The van der Waals surface area contributed by atoms with Crippen molar-refractivity contribution in [2.24, 2.45) is 0 Å².